The average Bonchev–Trinajstić information content (AvgIpc) is 2.63. The van der Waals surface area contributed by atoms with Gasteiger partial charge in [-0.15, -0.1) is 0 Å². The second-order valence-electron chi connectivity index (χ2n) is 5.47. The van der Waals surface area contributed by atoms with E-state index in [2.05, 4.69) is 5.32 Å². The maximum absolute atomic E-state index is 12.9. The van der Waals surface area contributed by atoms with Crippen LogP contribution in [0.15, 0.2) is 78.9 Å². The van der Waals surface area contributed by atoms with E-state index in [-0.39, 0.29) is 11.3 Å². The van der Waals surface area contributed by atoms with Crippen LogP contribution in [0.2, 0.25) is 0 Å². The van der Waals surface area contributed by atoms with Crippen molar-refractivity contribution in [3.05, 3.63) is 84.4 Å². The zero-order valence-corrected chi connectivity index (χ0v) is 13.7. The van der Waals surface area contributed by atoms with Crippen LogP contribution >= 0.6 is 0 Å². The summed E-state index contributed by atoms with van der Waals surface area (Å²) >= 11 is 0. The van der Waals surface area contributed by atoms with E-state index in [1.807, 2.05) is 36.4 Å². The molecule has 6 heteroatoms. The van der Waals surface area contributed by atoms with Gasteiger partial charge in [-0.25, -0.2) is 9.59 Å². The first kappa shape index (κ1) is 17.0. The van der Waals surface area contributed by atoms with Gasteiger partial charge in [-0.05, 0) is 36.4 Å². The van der Waals surface area contributed by atoms with Crippen molar-refractivity contribution in [2.45, 2.75) is 0 Å². The summed E-state index contributed by atoms with van der Waals surface area (Å²) in [6.07, 6.45) is 0. The Bertz CT molecular complexity index is 888. The molecule has 0 atom stereocenters. The molecule has 26 heavy (non-hydrogen) atoms. The number of carbonyl (C=O) groups is 2. The molecule has 0 spiro atoms. The molecular formula is C20H16N2O4. The number of carbonyl (C=O) groups excluding carboxylic acids is 1. The van der Waals surface area contributed by atoms with Crippen LogP contribution in [0.5, 0.6) is 5.75 Å². The first-order valence-corrected chi connectivity index (χ1v) is 7.84. The number of carboxylic acid groups (broad SMARTS) is 1. The lowest BCUT2D eigenvalue weighted by molar-refractivity contribution is 0.0694. The normalized spacial score (nSPS) is 10.2. The fourth-order valence-electron chi connectivity index (χ4n) is 2.51. The standard InChI is InChI=1S/C20H16N2O4/c23-18-13-14(11-12-17(18)19(24)25)21-20(26)22(15-7-3-1-4-8-15)16-9-5-2-6-10-16/h1-13,23H,(H,21,26)(H,24,25). The minimum Gasteiger partial charge on any atom is -0.507 e. The summed E-state index contributed by atoms with van der Waals surface area (Å²) in [7, 11) is 0. The van der Waals surface area contributed by atoms with Crippen molar-refractivity contribution in [1.82, 2.24) is 0 Å². The third kappa shape index (κ3) is 3.64. The van der Waals surface area contributed by atoms with Crippen molar-refractivity contribution >= 4 is 29.1 Å². The molecule has 0 aliphatic rings. The van der Waals surface area contributed by atoms with Gasteiger partial charge in [-0.2, -0.15) is 0 Å². The third-order valence-electron chi connectivity index (χ3n) is 3.71. The van der Waals surface area contributed by atoms with Crippen LogP contribution in [-0.2, 0) is 0 Å². The molecule has 0 aliphatic heterocycles. The van der Waals surface area contributed by atoms with Crippen LogP contribution in [0, 0.1) is 0 Å². The van der Waals surface area contributed by atoms with Crippen molar-refractivity contribution < 1.29 is 19.8 Å². The van der Waals surface area contributed by atoms with Crippen molar-refractivity contribution in [2.75, 3.05) is 10.2 Å². The highest BCUT2D eigenvalue weighted by molar-refractivity contribution is 6.07. The maximum Gasteiger partial charge on any atom is 0.339 e. The zero-order chi connectivity index (χ0) is 18.5. The zero-order valence-electron chi connectivity index (χ0n) is 13.7. The molecule has 2 amide bonds. The quantitative estimate of drug-likeness (QED) is 0.649. The van der Waals surface area contributed by atoms with Gasteiger partial charge < -0.3 is 15.5 Å². The predicted molar refractivity (Wildman–Crippen MR) is 99.1 cm³/mol. The van der Waals surface area contributed by atoms with Crippen LogP contribution < -0.4 is 10.2 Å². The van der Waals surface area contributed by atoms with Gasteiger partial charge in [-0.1, -0.05) is 36.4 Å². The van der Waals surface area contributed by atoms with Gasteiger partial charge in [0, 0.05) is 11.8 Å². The number of phenols is 1. The molecule has 3 N–H and O–H groups in total. The number of carboxylic acids is 1. The van der Waals surface area contributed by atoms with E-state index in [1.165, 1.54) is 23.1 Å². The Morgan fingerprint density at radius 3 is 1.81 bits per heavy atom. The molecule has 0 unspecified atom stereocenters. The molecule has 0 saturated carbocycles. The first-order valence-electron chi connectivity index (χ1n) is 7.84. The second kappa shape index (κ2) is 7.40. The molecule has 130 valence electrons. The molecule has 0 fully saturated rings. The van der Waals surface area contributed by atoms with E-state index < -0.39 is 17.7 Å². The van der Waals surface area contributed by atoms with E-state index in [4.69, 9.17) is 5.11 Å². The topological polar surface area (TPSA) is 89.9 Å². The fraction of sp³-hybridized carbons (Fsp3) is 0. The lowest BCUT2D eigenvalue weighted by atomic mass is 10.2. The van der Waals surface area contributed by atoms with E-state index in [1.54, 1.807) is 24.3 Å². The van der Waals surface area contributed by atoms with Gasteiger partial charge in [0.05, 0.1) is 11.4 Å². The first-order chi connectivity index (χ1) is 12.6. The highest BCUT2D eigenvalue weighted by Crippen LogP contribution is 2.27. The Morgan fingerprint density at radius 2 is 1.35 bits per heavy atom. The van der Waals surface area contributed by atoms with Crippen LogP contribution in [0.3, 0.4) is 0 Å². The number of aromatic carboxylic acids is 1. The van der Waals surface area contributed by atoms with Crippen LogP contribution in [0.1, 0.15) is 10.4 Å². The van der Waals surface area contributed by atoms with Crippen molar-refractivity contribution in [3.8, 4) is 5.75 Å². The number of nitrogens with one attached hydrogen (secondary N) is 1. The smallest absolute Gasteiger partial charge is 0.339 e. The number of para-hydroxylation sites is 2. The number of nitrogens with zero attached hydrogens (tertiary/aromatic N) is 1. The maximum atomic E-state index is 12.9. The number of hydrogen-bond donors (Lipinski definition) is 3. The summed E-state index contributed by atoms with van der Waals surface area (Å²) in [4.78, 5) is 25.3. The Balaban J connectivity index is 1.92. The summed E-state index contributed by atoms with van der Waals surface area (Å²) in [5.74, 6) is -1.66. The van der Waals surface area contributed by atoms with E-state index in [9.17, 15) is 14.7 Å². The summed E-state index contributed by atoms with van der Waals surface area (Å²) in [5.41, 5.74) is 1.39. The molecule has 0 saturated heterocycles. The van der Waals surface area contributed by atoms with Gasteiger partial charge >= 0.3 is 12.0 Å². The highest BCUT2D eigenvalue weighted by atomic mass is 16.4. The average molecular weight is 348 g/mol. The predicted octanol–water partition coefficient (Wildman–Crippen LogP) is 4.46. The number of amides is 2. The lowest BCUT2D eigenvalue weighted by Gasteiger charge is -2.23. The van der Waals surface area contributed by atoms with E-state index >= 15 is 0 Å². The molecule has 6 nitrogen and oxygen atoms in total. The summed E-state index contributed by atoms with van der Waals surface area (Å²) in [6, 6.07) is 21.7. The van der Waals surface area contributed by atoms with Crippen molar-refractivity contribution in [3.63, 3.8) is 0 Å². The summed E-state index contributed by atoms with van der Waals surface area (Å²) < 4.78 is 0. The Hall–Kier alpha value is -3.80. The van der Waals surface area contributed by atoms with E-state index in [0.29, 0.717) is 11.4 Å². The van der Waals surface area contributed by atoms with Crippen LogP contribution in [-0.4, -0.2) is 22.2 Å². The molecular weight excluding hydrogens is 332 g/mol. The Labute approximate surface area is 149 Å². The van der Waals surface area contributed by atoms with Gasteiger partial charge in [0.15, 0.2) is 0 Å². The third-order valence-corrected chi connectivity index (χ3v) is 3.71. The Kier molecular flexibility index (Phi) is 4.85. The molecule has 0 heterocycles. The molecule has 0 radical (unpaired) electrons. The molecule has 3 aromatic carbocycles. The second-order valence-corrected chi connectivity index (χ2v) is 5.47. The SMILES string of the molecule is O=C(O)c1ccc(NC(=O)N(c2ccccc2)c2ccccc2)cc1O. The van der Waals surface area contributed by atoms with Crippen LogP contribution in [0.25, 0.3) is 0 Å². The van der Waals surface area contributed by atoms with Crippen LogP contribution in [0.4, 0.5) is 21.9 Å². The minimum atomic E-state index is -1.24. The highest BCUT2D eigenvalue weighted by Gasteiger charge is 2.19. The molecule has 0 aliphatic carbocycles. The van der Waals surface area contributed by atoms with Gasteiger partial charge in [-0.3, -0.25) is 4.90 Å². The Morgan fingerprint density at radius 1 is 0.808 bits per heavy atom. The number of urea groups is 1. The molecule has 0 bridgehead atoms. The van der Waals surface area contributed by atoms with Crippen molar-refractivity contribution in [1.29, 1.82) is 0 Å². The van der Waals surface area contributed by atoms with Gasteiger partial charge in [0.2, 0.25) is 0 Å². The monoisotopic (exact) mass is 348 g/mol. The number of benzene rings is 3. The largest absolute Gasteiger partial charge is 0.507 e. The molecule has 3 aromatic rings. The van der Waals surface area contributed by atoms with E-state index in [0.717, 1.165) is 0 Å². The number of hydrogen-bond acceptors (Lipinski definition) is 3. The molecule has 0 aromatic heterocycles. The molecule has 3 rings (SSSR count). The van der Waals surface area contributed by atoms with Gasteiger partial charge in [0.25, 0.3) is 0 Å². The lowest BCUT2D eigenvalue weighted by Crippen LogP contribution is -2.30. The minimum absolute atomic E-state index is 0.231. The number of aromatic hydroxyl groups is 1. The number of rotatable bonds is 4. The summed E-state index contributed by atoms with van der Waals surface area (Å²) in [6.45, 7) is 0. The summed E-state index contributed by atoms with van der Waals surface area (Å²) in [5, 5.41) is 21.5. The van der Waals surface area contributed by atoms with Gasteiger partial charge in [0.1, 0.15) is 11.3 Å². The fourth-order valence-corrected chi connectivity index (χ4v) is 2.51. The van der Waals surface area contributed by atoms with Crippen molar-refractivity contribution in [2.24, 2.45) is 0 Å². The number of anilines is 3.